The van der Waals surface area contributed by atoms with Gasteiger partial charge in [-0.05, 0) is 42.2 Å². The summed E-state index contributed by atoms with van der Waals surface area (Å²) in [6.07, 6.45) is 1.24. The second kappa shape index (κ2) is 7.67. The monoisotopic (exact) mass is 385 g/mol. The molecule has 1 amide bonds. The second-order valence-corrected chi connectivity index (χ2v) is 6.48. The molecule has 8 heteroatoms. The molecule has 0 radical (unpaired) electrons. The summed E-state index contributed by atoms with van der Waals surface area (Å²) < 4.78 is 19.9. The summed E-state index contributed by atoms with van der Waals surface area (Å²) in [6, 6.07) is 6.13. The van der Waals surface area contributed by atoms with Gasteiger partial charge >= 0.3 is 6.16 Å². The van der Waals surface area contributed by atoms with Crippen LogP contribution in [0.4, 0.5) is 9.18 Å². The molecule has 3 rings (SSSR count). The molecule has 2 heterocycles. The summed E-state index contributed by atoms with van der Waals surface area (Å²) in [5.41, 5.74) is 9.56. The number of primary amides is 1. The molecule has 0 bridgehead atoms. The maximum atomic E-state index is 13.3. The Balaban J connectivity index is 2.29. The number of nitrogens with zero attached hydrogens (tertiary/aromatic N) is 2. The Morgan fingerprint density at radius 3 is 2.50 bits per heavy atom. The minimum absolute atomic E-state index is 0.0726. The van der Waals surface area contributed by atoms with E-state index < -0.39 is 12.1 Å². The lowest BCUT2D eigenvalue weighted by Crippen LogP contribution is -2.15. The Morgan fingerprint density at radius 2 is 1.93 bits per heavy atom. The molecular formula is C20H20FN3O4. The van der Waals surface area contributed by atoms with E-state index >= 15 is 0 Å². The molecule has 0 fully saturated rings. The molecule has 0 aliphatic carbocycles. The average molecular weight is 385 g/mol. The standard InChI is InChI=1S/C20H20FN3O4/c1-3-14-15(9-17(22)25)18-19(28-20(26)27)23-11(2)10-24(18)16(14)8-12-4-6-13(21)7-5-12/h4-7,10H,3,8-9H2,1-2H3,(H2,22,25)(H,26,27). The third-order valence-corrected chi connectivity index (χ3v) is 4.50. The lowest BCUT2D eigenvalue weighted by atomic mass is 10.00. The molecule has 3 N–H and O–H groups in total. The molecule has 0 aliphatic heterocycles. The normalized spacial score (nSPS) is 11.0. The highest BCUT2D eigenvalue weighted by Gasteiger charge is 2.24. The number of aromatic nitrogens is 2. The fourth-order valence-corrected chi connectivity index (χ4v) is 3.47. The van der Waals surface area contributed by atoms with Crippen LogP contribution in [0.5, 0.6) is 5.88 Å². The van der Waals surface area contributed by atoms with Crippen LogP contribution in [0.25, 0.3) is 5.52 Å². The number of fused-ring (bicyclic) bond motifs is 1. The first-order valence-corrected chi connectivity index (χ1v) is 8.76. The molecule has 0 saturated heterocycles. The Kier molecular flexibility index (Phi) is 5.30. The molecule has 0 aliphatic rings. The van der Waals surface area contributed by atoms with E-state index in [1.165, 1.54) is 12.1 Å². The minimum Gasteiger partial charge on any atom is -0.449 e. The quantitative estimate of drug-likeness (QED) is 0.634. The second-order valence-electron chi connectivity index (χ2n) is 6.48. The third-order valence-electron chi connectivity index (χ3n) is 4.50. The van der Waals surface area contributed by atoms with Gasteiger partial charge < -0.3 is 20.0 Å². The molecule has 2 aromatic heterocycles. The van der Waals surface area contributed by atoms with Crippen molar-refractivity contribution in [2.45, 2.75) is 33.1 Å². The van der Waals surface area contributed by atoms with Crippen molar-refractivity contribution in [2.75, 3.05) is 0 Å². The van der Waals surface area contributed by atoms with Gasteiger partial charge in [-0.15, -0.1) is 0 Å². The van der Waals surface area contributed by atoms with Crippen molar-refractivity contribution in [2.24, 2.45) is 5.73 Å². The molecule has 28 heavy (non-hydrogen) atoms. The topological polar surface area (TPSA) is 107 Å². The van der Waals surface area contributed by atoms with Gasteiger partial charge in [0.2, 0.25) is 5.91 Å². The van der Waals surface area contributed by atoms with Crippen LogP contribution in [0.3, 0.4) is 0 Å². The number of aryl methyl sites for hydroxylation is 1. The largest absolute Gasteiger partial charge is 0.512 e. The van der Waals surface area contributed by atoms with Crippen molar-refractivity contribution >= 4 is 17.6 Å². The SMILES string of the molecule is CCc1c(CC(N)=O)c2c(OC(=O)O)nc(C)cn2c1Cc1ccc(F)cc1. The van der Waals surface area contributed by atoms with Crippen LogP contribution in [0.2, 0.25) is 0 Å². The fraction of sp³-hybridized carbons (Fsp3) is 0.250. The number of amides is 1. The summed E-state index contributed by atoms with van der Waals surface area (Å²) in [5.74, 6) is -0.965. The summed E-state index contributed by atoms with van der Waals surface area (Å²) in [5, 5.41) is 9.09. The molecular weight excluding hydrogens is 365 g/mol. The van der Waals surface area contributed by atoms with E-state index in [2.05, 4.69) is 4.98 Å². The van der Waals surface area contributed by atoms with Gasteiger partial charge in [0.05, 0.1) is 12.1 Å². The van der Waals surface area contributed by atoms with Gasteiger partial charge in [0.25, 0.3) is 5.88 Å². The van der Waals surface area contributed by atoms with E-state index in [-0.39, 0.29) is 18.1 Å². The average Bonchev–Trinajstić information content (AvgIpc) is 2.88. The molecule has 7 nitrogen and oxygen atoms in total. The maximum Gasteiger partial charge on any atom is 0.512 e. The van der Waals surface area contributed by atoms with Gasteiger partial charge in [-0.2, -0.15) is 0 Å². The summed E-state index contributed by atoms with van der Waals surface area (Å²) in [4.78, 5) is 27.0. The summed E-state index contributed by atoms with van der Waals surface area (Å²) in [6.45, 7) is 3.65. The van der Waals surface area contributed by atoms with E-state index in [4.69, 9.17) is 15.6 Å². The predicted octanol–water partition coefficient (Wildman–Crippen LogP) is 3.02. The Hall–Kier alpha value is -3.42. The van der Waals surface area contributed by atoms with Crippen molar-refractivity contribution in [3.8, 4) is 5.88 Å². The van der Waals surface area contributed by atoms with Crippen LogP contribution in [0.1, 0.15) is 35.0 Å². The van der Waals surface area contributed by atoms with Crippen LogP contribution < -0.4 is 10.5 Å². The number of halogens is 1. The van der Waals surface area contributed by atoms with E-state index in [1.54, 1.807) is 29.7 Å². The number of carbonyl (C=O) groups excluding carboxylic acids is 1. The van der Waals surface area contributed by atoms with Crippen molar-refractivity contribution in [1.82, 2.24) is 9.38 Å². The van der Waals surface area contributed by atoms with Crippen molar-refractivity contribution in [3.63, 3.8) is 0 Å². The molecule has 0 unspecified atom stereocenters. The summed E-state index contributed by atoms with van der Waals surface area (Å²) in [7, 11) is 0. The predicted molar refractivity (Wildman–Crippen MR) is 100 cm³/mol. The van der Waals surface area contributed by atoms with Crippen molar-refractivity contribution in [1.29, 1.82) is 0 Å². The lowest BCUT2D eigenvalue weighted by molar-refractivity contribution is -0.117. The molecule has 0 spiro atoms. The Bertz CT molecular complexity index is 1060. The number of carboxylic acid groups (broad SMARTS) is 1. The zero-order valence-electron chi connectivity index (χ0n) is 15.5. The number of hydrogen-bond acceptors (Lipinski definition) is 4. The van der Waals surface area contributed by atoms with Crippen LogP contribution in [-0.2, 0) is 24.1 Å². The van der Waals surface area contributed by atoms with Crippen LogP contribution in [-0.4, -0.2) is 26.6 Å². The highest BCUT2D eigenvalue weighted by Crippen LogP contribution is 2.32. The Labute approximate surface area is 160 Å². The lowest BCUT2D eigenvalue weighted by Gasteiger charge is -2.09. The zero-order chi connectivity index (χ0) is 20.4. The van der Waals surface area contributed by atoms with Gasteiger partial charge in [0.15, 0.2) is 0 Å². The van der Waals surface area contributed by atoms with E-state index in [0.29, 0.717) is 29.6 Å². The number of benzene rings is 1. The number of hydrogen-bond donors (Lipinski definition) is 2. The number of ether oxygens (including phenoxy) is 1. The van der Waals surface area contributed by atoms with Crippen LogP contribution in [0, 0.1) is 12.7 Å². The minimum atomic E-state index is -1.50. The molecule has 3 aromatic rings. The zero-order valence-corrected chi connectivity index (χ0v) is 15.5. The van der Waals surface area contributed by atoms with Gasteiger partial charge in [-0.25, -0.2) is 14.2 Å². The fourth-order valence-electron chi connectivity index (χ4n) is 3.47. The number of nitrogens with two attached hydrogens (primary N) is 1. The smallest absolute Gasteiger partial charge is 0.449 e. The Morgan fingerprint density at radius 1 is 1.25 bits per heavy atom. The summed E-state index contributed by atoms with van der Waals surface area (Å²) >= 11 is 0. The van der Waals surface area contributed by atoms with Gasteiger partial charge in [-0.1, -0.05) is 19.1 Å². The molecule has 0 atom stereocenters. The number of rotatable bonds is 6. The first kappa shape index (κ1) is 19.3. The van der Waals surface area contributed by atoms with Gasteiger partial charge in [-0.3, -0.25) is 4.79 Å². The number of carbonyl (C=O) groups is 2. The third kappa shape index (κ3) is 3.80. The van der Waals surface area contributed by atoms with E-state index in [0.717, 1.165) is 16.8 Å². The van der Waals surface area contributed by atoms with E-state index in [1.807, 2.05) is 6.92 Å². The van der Waals surface area contributed by atoms with Gasteiger partial charge in [0.1, 0.15) is 11.3 Å². The molecule has 0 saturated carbocycles. The first-order valence-electron chi connectivity index (χ1n) is 8.76. The maximum absolute atomic E-state index is 13.3. The molecule has 146 valence electrons. The van der Waals surface area contributed by atoms with E-state index in [9.17, 15) is 14.0 Å². The highest BCUT2D eigenvalue weighted by molar-refractivity contribution is 5.83. The molecule has 1 aromatic carbocycles. The highest BCUT2D eigenvalue weighted by atomic mass is 19.1. The van der Waals surface area contributed by atoms with Crippen LogP contribution >= 0.6 is 0 Å². The first-order chi connectivity index (χ1) is 13.3. The van der Waals surface area contributed by atoms with Crippen molar-refractivity contribution < 1.29 is 23.8 Å². The van der Waals surface area contributed by atoms with Crippen molar-refractivity contribution in [3.05, 3.63) is 64.4 Å². The van der Waals surface area contributed by atoms with Crippen LogP contribution in [0.15, 0.2) is 30.5 Å². The van der Waals surface area contributed by atoms with Gasteiger partial charge in [0, 0.05) is 18.3 Å².